The van der Waals surface area contributed by atoms with Crippen molar-refractivity contribution in [3.05, 3.63) is 107 Å². The highest BCUT2D eigenvalue weighted by molar-refractivity contribution is 6.04. The number of fused-ring (bicyclic) bond motifs is 1. The molecule has 0 aliphatic rings. The second kappa shape index (κ2) is 8.02. The Hall–Kier alpha value is -3.86. The maximum Gasteiger partial charge on any atom is 0.257 e. The van der Waals surface area contributed by atoms with E-state index >= 15 is 0 Å². The summed E-state index contributed by atoms with van der Waals surface area (Å²) >= 11 is 0. The number of aromatic nitrogens is 1. The van der Waals surface area contributed by atoms with Crippen LogP contribution in [0.3, 0.4) is 0 Å². The van der Waals surface area contributed by atoms with Gasteiger partial charge in [-0.25, -0.2) is 0 Å². The van der Waals surface area contributed by atoms with Crippen LogP contribution in [0.4, 0.5) is 5.69 Å². The number of pyridine rings is 1. The van der Waals surface area contributed by atoms with Gasteiger partial charge < -0.3 is 14.6 Å². The summed E-state index contributed by atoms with van der Waals surface area (Å²) in [6.07, 6.45) is 1.60. The molecule has 4 aromatic rings. The zero-order chi connectivity index (χ0) is 20.2. The molecule has 0 spiro atoms. The lowest BCUT2D eigenvalue weighted by molar-refractivity contribution is 0.102. The highest BCUT2D eigenvalue weighted by Gasteiger charge is 2.10. The van der Waals surface area contributed by atoms with Crippen LogP contribution in [0, 0.1) is 0 Å². The van der Waals surface area contributed by atoms with E-state index in [1.165, 1.54) is 12.1 Å². The molecule has 0 saturated carbocycles. The van der Waals surface area contributed by atoms with E-state index in [1.807, 2.05) is 42.5 Å². The fraction of sp³-hybridized carbons (Fsp3) is 0.0833. The van der Waals surface area contributed by atoms with Gasteiger partial charge in [0.15, 0.2) is 0 Å². The maximum absolute atomic E-state index is 12.7. The van der Waals surface area contributed by atoms with Gasteiger partial charge in [0.25, 0.3) is 11.5 Å². The molecule has 144 valence electrons. The molecule has 4 rings (SSSR count). The monoisotopic (exact) mass is 384 g/mol. The number of hydrogen-bond acceptors (Lipinski definition) is 3. The number of methoxy groups -OCH3 is 1. The lowest BCUT2D eigenvalue weighted by Gasteiger charge is -2.11. The average molecular weight is 384 g/mol. The summed E-state index contributed by atoms with van der Waals surface area (Å²) in [6.45, 7) is 0.389. The first-order valence-electron chi connectivity index (χ1n) is 9.26. The molecule has 0 fully saturated rings. The van der Waals surface area contributed by atoms with Crippen molar-refractivity contribution in [1.82, 2.24) is 4.57 Å². The van der Waals surface area contributed by atoms with E-state index in [9.17, 15) is 9.59 Å². The maximum atomic E-state index is 12.7. The van der Waals surface area contributed by atoms with Crippen molar-refractivity contribution in [2.75, 3.05) is 12.4 Å². The van der Waals surface area contributed by atoms with Gasteiger partial charge in [0, 0.05) is 24.0 Å². The third-order valence-corrected chi connectivity index (χ3v) is 4.79. The molecular weight excluding hydrogens is 364 g/mol. The summed E-state index contributed by atoms with van der Waals surface area (Å²) in [5.41, 5.74) is 1.90. The van der Waals surface area contributed by atoms with Crippen molar-refractivity contribution < 1.29 is 9.53 Å². The summed E-state index contributed by atoms with van der Waals surface area (Å²) in [6, 6.07) is 24.2. The topological polar surface area (TPSA) is 60.3 Å². The highest BCUT2D eigenvalue weighted by atomic mass is 16.5. The summed E-state index contributed by atoms with van der Waals surface area (Å²) in [4.78, 5) is 25.1. The van der Waals surface area contributed by atoms with Gasteiger partial charge >= 0.3 is 0 Å². The normalized spacial score (nSPS) is 10.7. The number of amides is 1. The van der Waals surface area contributed by atoms with Crippen molar-refractivity contribution in [1.29, 1.82) is 0 Å². The van der Waals surface area contributed by atoms with Gasteiger partial charge in [0.1, 0.15) is 5.75 Å². The molecule has 1 amide bonds. The van der Waals surface area contributed by atoms with Gasteiger partial charge in [-0.1, -0.05) is 48.5 Å². The SMILES string of the molecule is COc1cccc(NC(=O)c2ccc(=O)n(Cc3cccc4ccccc34)c2)c1. The number of hydrogen-bond donors (Lipinski definition) is 1. The van der Waals surface area contributed by atoms with Crippen LogP contribution >= 0.6 is 0 Å². The average Bonchev–Trinajstić information content (AvgIpc) is 2.75. The number of nitrogens with one attached hydrogen (secondary N) is 1. The van der Waals surface area contributed by atoms with Crippen molar-refractivity contribution in [2.24, 2.45) is 0 Å². The van der Waals surface area contributed by atoms with Crippen LogP contribution in [0.5, 0.6) is 5.75 Å². The van der Waals surface area contributed by atoms with Crippen LogP contribution in [0.15, 0.2) is 89.9 Å². The van der Waals surface area contributed by atoms with Crippen molar-refractivity contribution in [3.8, 4) is 5.75 Å². The van der Waals surface area contributed by atoms with Crippen molar-refractivity contribution in [3.63, 3.8) is 0 Å². The van der Waals surface area contributed by atoms with Gasteiger partial charge in [-0.05, 0) is 34.5 Å². The third kappa shape index (κ3) is 4.04. The van der Waals surface area contributed by atoms with Gasteiger partial charge in [-0.3, -0.25) is 9.59 Å². The van der Waals surface area contributed by atoms with Crippen LogP contribution in [-0.2, 0) is 6.54 Å². The number of nitrogens with zero attached hydrogens (tertiary/aromatic N) is 1. The van der Waals surface area contributed by atoms with E-state index in [0.717, 1.165) is 16.3 Å². The Morgan fingerprint density at radius 3 is 2.62 bits per heavy atom. The van der Waals surface area contributed by atoms with Crippen molar-refractivity contribution >= 4 is 22.4 Å². The fourth-order valence-electron chi connectivity index (χ4n) is 3.31. The molecule has 0 aliphatic heterocycles. The van der Waals surface area contributed by atoms with Crippen LogP contribution in [0.25, 0.3) is 10.8 Å². The van der Waals surface area contributed by atoms with E-state index < -0.39 is 0 Å². The van der Waals surface area contributed by atoms with Crippen LogP contribution in [-0.4, -0.2) is 17.6 Å². The summed E-state index contributed by atoms with van der Waals surface area (Å²) in [5, 5.41) is 5.05. The molecular formula is C24H20N2O3. The number of carbonyl (C=O) groups is 1. The Morgan fingerprint density at radius 1 is 0.966 bits per heavy atom. The van der Waals surface area contributed by atoms with E-state index in [4.69, 9.17) is 4.74 Å². The molecule has 5 heteroatoms. The zero-order valence-corrected chi connectivity index (χ0v) is 16.0. The zero-order valence-electron chi connectivity index (χ0n) is 16.0. The second-order valence-corrected chi connectivity index (χ2v) is 6.71. The Morgan fingerprint density at radius 2 is 1.76 bits per heavy atom. The fourth-order valence-corrected chi connectivity index (χ4v) is 3.31. The first kappa shape index (κ1) is 18.5. The molecule has 5 nitrogen and oxygen atoms in total. The first-order valence-corrected chi connectivity index (χ1v) is 9.26. The number of ether oxygens (including phenoxy) is 1. The Kier molecular flexibility index (Phi) is 5.12. The van der Waals surface area contributed by atoms with Crippen LogP contribution in [0.1, 0.15) is 15.9 Å². The van der Waals surface area contributed by atoms with Crippen LogP contribution in [0.2, 0.25) is 0 Å². The minimum absolute atomic E-state index is 0.157. The third-order valence-electron chi connectivity index (χ3n) is 4.79. The molecule has 3 aromatic carbocycles. The Balaban J connectivity index is 1.62. The molecule has 0 atom stereocenters. The van der Waals surface area contributed by atoms with E-state index in [1.54, 1.807) is 42.1 Å². The molecule has 1 N–H and O–H groups in total. The van der Waals surface area contributed by atoms with Gasteiger partial charge in [-0.15, -0.1) is 0 Å². The highest BCUT2D eigenvalue weighted by Crippen LogP contribution is 2.20. The smallest absolute Gasteiger partial charge is 0.257 e. The molecule has 1 heterocycles. The Bertz CT molecular complexity index is 1240. The van der Waals surface area contributed by atoms with E-state index in [-0.39, 0.29) is 11.5 Å². The van der Waals surface area contributed by atoms with Gasteiger partial charge in [-0.2, -0.15) is 0 Å². The summed E-state index contributed by atoms with van der Waals surface area (Å²) in [5.74, 6) is 0.369. The van der Waals surface area contributed by atoms with Crippen molar-refractivity contribution in [2.45, 2.75) is 6.54 Å². The minimum Gasteiger partial charge on any atom is -0.497 e. The number of anilines is 1. The van der Waals surface area contributed by atoms with E-state index in [2.05, 4.69) is 5.32 Å². The molecule has 0 radical (unpaired) electrons. The Labute approximate surface area is 168 Å². The lowest BCUT2D eigenvalue weighted by Crippen LogP contribution is -2.22. The number of carbonyl (C=O) groups excluding carboxylic acids is 1. The molecule has 1 aromatic heterocycles. The molecule has 0 bridgehead atoms. The predicted molar refractivity (Wildman–Crippen MR) is 115 cm³/mol. The first-order chi connectivity index (χ1) is 14.1. The van der Waals surface area contributed by atoms with Gasteiger partial charge in [0.2, 0.25) is 0 Å². The quantitative estimate of drug-likeness (QED) is 0.558. The molecule has 0 saturated heterocycles. The number of rotatable bonds is 5. The van der Waals surface area contributed by atoms with Crippen LogP contribution < -0.4 is 15.6 Å². The molecule has 0 aliphatic carbocycles. The molecule has 29 heavy (non-hydrogen) atoms. The summed E-state index contributed by atoms with van der Waals surface area (Å²) < 4.78 is 6.74. The summed E-state index contributed by atoms with van der Waals surface area (Å²) in [7, 11) is 1.57. The standard InChI is InChI=1S/C24H20N2O3/c1-29-21-10-5-9-20(14-21)25-24(28)19-12-13-23(27)26(16-19)15-18-8-4-7-17-6-2-3-11-22(17)18/h2-14,16H,15H2,1H3,(H,25,28). The largest absolute Gasteiger partial charge is 0.497 e. The van der Waals surface area contributed by atoms with E-state index in [0.29, 0.717) is 23.5 Å². The molecule has 0 unspecified atom stereocenters. The predicted octanol–water partition coefficient (Wildman–Crippen LogP) is 4.31. The second-order valence-electron chi connectivity index (χ2n) is 6.71. The lowest BCUT2D eigenvalue weighted by atomic mass is 10.0. The number of benzene rings is 3. The van der Waals surface area contributed by atoms with Gasteiger partial charge in [0.05, 0.1) is 19.2 Å². The minimum atomic E-state index is -0.287.